The van der Waals surface area contributed by atoms with Crippen LogP contribution in [0, 0.1) is 11.3 Å². The van der Waals surface area contributed by atoms with Gasteiger partial charge >= 0.3 is 0 Å². The molecular weight excluding hydrogens is 441 g/mol. The van der Waals surface area contributed by atoms with Crippen LogP contribution in [0.1, 0.15) is 17.0 Å². The van der Waals surface area contributed by atoms with Crippen LogP contribution in [0.25, 0.3) is 11.3 Å². The third kappa shape index (κ3) is 3.89. The van der Waals surface area contributed by atoms with Crippen LogP contribution in [0.3, 0.4) is 0 Å². The van der Waals surface area contributed by atoms with Crippen LogP contribution >= 0.6 is 23.2 Å². The molecule has 8 nitrogen and oxygen atoms in total. The molecule has 5 N–H and O–H groups in total. The quantitative estimate of drug-likeness (QED) is 0.537. The van der Waals surface area contributed by atoms with Gasteiger partial charge in [-0.25, -0.2) is 0 Å². The summed E-state index contributed by atoms with van der Waals surface area (Å²) in [5.74, 6) is -0.438. The standard InChI is InChI=1S/C21H15Cl2N5O3/c22-14-6-3-11(7-15(14)23)19-18-17(13(8-24)20(26)31-21(18)28-27-19)10-1-4-12(5-2-10)30-9-16(25)29/h1-7,17H,9,26H2,(H2,25,29)(H,27,28)/t17-/m1/s1. The Balaban J connectivity index is 1.81. The zero-order chi connectivity index (χ0) is 22.1. The van der Waals surface area contributed by atoms with Crippen LogP contribution < -0.4 is 20.9 Å². The van der Waals surface area contributed by atoms with E-state index in [1.54, 1.807) is 42.5 Å². The number of H-pyrrole nitrogens is 1. The summed E-state index contributed by atoms with van der Waals surface area (Å²) in [7, 11) is 0. The second-order valence-corrected chi connectivity index (χ2v) is 7.51. The van der Waals surface area contributed by atoms with E-state index < -0.39 is 11.8 Å². The number of benzene rings is 2. The van der Waals surface area contributed by atoms with E-state index in [9.17, 15) is 10.1 Å². The highest BCUT2D eigenvalue weighted by atomic mass is 35.5. The lowest BCUT2D eigenvalue weighted by molar-refractivity contribution is -0.119. The zero-order valence-corrected chi connectivity index (χ0v) is 17.4. The fourth-order valence-corrected chi connectivity index (χ4v) is 3.66. The predicted octanol–water partition coefficient (Wildman–Crippen LogP) is 3.47. The molecule has 2 aromatic carbocycles. The van der Waals surface area contributed by atoms with Gasteiger partial charge in [0.1, 0.15) is 17.4 Å². The maximum atomic E-state index is 10.9. The van der Waals surface area contributed by atoms with E-state index in [1.165, 1.54) is 0 Å². The molecule has 1 aliphatic heterocycles. The van der Waals surface area contributed by atoms with Crippen molar-refractivity contribution < 1.29 is 14.3 Å². The molecule has 0 saturated heterocycles. The molecular formula is C21H15Cl2N5O3. The topological polar surface area (TPSA) is 140 Å². The lowest BCUT2D eigenvalue weighted by atomic mass is 9.83. The van der Waals surface area contributed by atoms with E-state index in [0.29, 0.717) is 27.1 Å². The number of nitriles is 1. The van der Waals surface area contributed by atoms with Crippen molar-refractivity contribution in [3.63, 3.8) is 0 Å². The van der Waals surface area contributed by atoms with Crippen molar-refractivity contribution in [1.29, 1.82) is 5.26 Å². The van der Waals surface area contributed by atoms with Crippen LogP contribution in [-0.4, -0.2) is 22.7 Å². The number of primary amides is 1. The minimum Gasteiger partial charge on any atom is -0.484 e. The molecule has 0 fully saturated rings. The second-order valence-electron chi connectivity index (χ2n) is 6.70. The Morgan fingerprint density at radius 2 is 1.97 bits per heavy atom. The number of aromatic amines is 1. The molecule has 3 aromatic rings. The fourth-order valence-electron chi connectivity index (χ4n) is 3.36. The summed E-state index contributed by atoms with van der Waals surface area (Å²) in [5.41, 5.74) is 14.1. The Labute approximate surface area is 187 Å². The van der Waals surface area contributed by atoms with E-state index in [1.807, 2.05) is 0 Å². The first kappa shape index (κ1) is 20.6. The zero-order valence-electron chi connectivity index (χ0n) is 15.9. The Morgan fingerprint density at radius 1 is 1.23 bits per heavy atom. The van der Waals surface area contributed by atoms with Gasteiger partial charge in [0.25, 0.3) is 5.91 Å². The summed E-state index contributed by atoms with van der Waals surface area (Å²) in [4.78, 5) is 10.9. The maximum absolute atomic E-state index is 10.9. The lowest BCUT2D eigenvalue weighted by Crippen LogP contribution is -2.21. The molecule has 0 spiro atoms. The summed E-state index contributed by atoms with van der Waals surface area (Å²) >= 11 is 12.2. The molecule has 1 aliphatic rings. The molecule has 1 aromatic heterocycles. The summed E-state index contributed by atoms with van der Waals surface area (Å²) in [6.07, 6.45) is 0. The average molecular weight is 456 g/mol. The smallest absolute Gasteiger partial charge is 0.255 e. The van der Waals surface area contributed by atoms with Crippen molar-refractivity contribution in [2.24, 2.45) is 11.5 Å². The molecule has 156 valence electrons. The van der Waals surface area contributed by atoms with E-state index >= 15 is 0 Å². The number of hydrogen-bond donors (Lipinski definition) is 3. The van der Waals surface area contributed by atoms with Crippen molar-refractivity contribution >= 4 is 29.1 Å². The number of ether oxygens (including phenoxy) is 2. The monoisotopic (exact) mass is 455 g/mol. The first-order valence-corrected chi connectivity index (χ1v) is 9.77. The van der Waals surface area contributed by atoms with E-state index in [0.717, 1.165) is 11.1 Å². The maximum Gasteiger partial charge on any atom is 0.255 e. The average Bonchev–Trinajstić information content (AvgIpc) is 3.17. The van der Waals surface area contributed by atoms with E-state index in [4.69, 9.17) is 44.1 Å². The lowest BCUT2D eigenvalue weighted by Gasteiger charge is -2.24. The first-order valence-electron chi connectivity index (χ1n) is 9.01. The van der Waals surface area contributed by atoms with Gasteiger partial charge in [-0.15, -0.1) is 5.10 Å². The van der Waals surface area contributed by atoms with Gasteiger partial charge in [-0.2, -0.15) is 5.26 Å². The number of nitrogens with zero attached hydrogens (tertiary/aromatic N) is 2. The molecule has 0 unspecified atom stereocenters. The van der Waals surface area contributed by atoms with Crippen LogP contribution in [-0.2, 0) is 4.79 Å². The highest BCUT2D eigenvalue weighted by Gasteiger charge is 2.35. The van der Waals surface area contributed by atoms with Gasteiger partial charge in [-0.05, 0) is 29.8 Å². The number of hydrogen-bond acceptors (Lipinski definition) is 6. The third-order valence-electron chi connectivity index (χ3n) is 4.74. The second kappa shape index (κ2) is 8.22. The molecule has 0 aliphatic carbocycles. The van der Waals surface area contributed by atoms with Crippen molar-refractivity contribution in [2.45, 2.75) is 5.92 Å². The van der Waals surface area contributed by atoms with Crippen LogP contribution in [0.5, 0.6) is 11.6 Å². The Bertz CT molecular complexity index is 1240. The van der Waals surface area contributed by atoms with Gasteiger partial charge < -0.3 is 20.9 Å². The summed E-state index contributed by atoms with van der Waals surface area (Å²) in [6.45, 7) is -0.236. The van der Waals surface area contributed by atoms with Gasteiger partial charge in [0, 0.05) is 5.56 Å². The number of nitrogens with two attached hydrogens (primary N) is 2. The molecule has 4 rings (SSSR count). The molecule has 31 heavy (non-hydrogen) atoms. The first-order chi connectivity index (χ1) is 14.9. The number of carbonyl (C=O) groups is 1. The fraction of sp³-hybridized carbons (Fsp3) is 0.0952. The Morgan fingerprint density at radius 3 is 2.61 bits per heavy atom. The number of fused-ring (bicyclic) bond motifs is 1. The van der Waals surface area contributed by atoms with Crippen molar-refractivity contribution in [3.8, 4) is 29.0 Å². The summed E-state index contributed by atoms with van der Waals surface area (Å²) in [5, 5.41) is 17.7. The number of carbonyl (C=O) groups excluding carboxylic acids is 1. The number of halogens is 2. The molecule has 1 amide bonds. The summed E-state index contributed by atoms with van der Waals surface area (Å²) < 4.78 is 10.9. The minimum atomic E-state index is -0.578. The Hall–Kier alpha value is -3.67. The van der Waals surface area contributed by atoms with Crippen LogP contribution in [0.15, 0.2) is 53.9 Å². The highest BCUT2D eigenvalue weighted by molar-refractivity contribution is 6.42. The van der Waals surface area contributed by atoms with E-state index in [2.05, 4.69) is 16.3 Å². The predicted molar refractivity (Wildman–Crippen MR) is 114 cm³/mol. The van der Waals surface area contributed by atoms with Crippen molar-refractivity contribution in [3.05, 3.63) is 75.1 Å². The SMILES string of the molecule is N#CC1=C(N)Oc2n[nH]c(-c3ccc(Cl)c(Cl)c3)c2[C@@H]1c1ccc(OCC(N)=O)cc1. The number of nitrogens with one attached hydrogen (secondary N) is 1. The van der Waals surface area contributed by atoms with Crippen LogP contribution in [0.2, 0.25) is 10.0 Å². The Kier molecular flexibility index (Phi) is 5.46. The largest absolute Gasteiger partial charge is 0.484 e. The number of amides is 1. The van der Waals surface area contributed by atoms with Gasteiger partial charge in [0.05, 0.1) is 27.2 Å². The van der Waals surface area contributed by atoms with Crippen molar-refractivity contribution in [2.75, 3.05) is 6.61 Å². The number of allylic oxidation sites excluding steroid dienone is 1. The van der Waals surface area contributed by atoms with Gasteiger partial charge in [-0.3, -0.25) is 9.89 Å². The minimum absolute atomic E-state index is 0.0266. The molecule has 0 saturated carbocycles. The molecule has 0 radical (unpaired) electrons. The molecule has 0 bridgehead atoms. The van der Waals surface area contributed by atoms with Gasteiger partial charge in [-0.1, -0.05) is 41.4 Å². The normalized spacial score (nSPS) is 15.1. The van der Waals surface area contributed by atoms with Crippen molar-refractivity contribution in [1.82, 2.24) is 10.2 Å². The highest BCUT2D eigenvalue weighted by Crippen LogP contribution is 2.46. The number of aromatic nitrogens is 2. The van der Waals surface area contributed by atoms with Gasteiger partial charge in [0.2, 0.25) is 11.8 Å². The van der Waals surface area contributed by atoms with Gasteiger partial charge in [0.15, 0.2) is 6.61 Å². The third-order valence-corrected chi connectivity index (χ3v) is 5.48. The summed E-state index contributed by atoms with van der Waals surface area (Å²) in [6, 6.07) is 14.2. The number of rotatable bonds is 5. The molecule has 2 heterocycles. The van der Waals surface area contributed by atoms with Crippen LogP contribution in [0.4, 0.5) is 0 Å². The molecule has 1 atom stereocenters. The van der Waals surface area contributed by atoms with E-state index in [-0.39, 0.29) is 23.9 Å². The molecule has 10 heteroatoms.